The quantitative estimate of drug-likeness (QED) is 0.473. The van der Waals surface area contributed by atoms with Crippen LogP contribution in [0.2, 0.25) is 0 Å². The summed E-state index contributed by atoms with van der Waals surface area (Å²) in [5, 5.41) is 11.1. The molecule has 0 atom stereocenters. The Morgan fingerprint density at radius 3 is 0.963 bits per heavy atom. The molecule has 3 aromatic carbocycles. The molecule has 27 heavy (non-hydrogen) atoms. The molecule has 6 N–H and O–H groups in total. The molecule has 0 heterocycles. The average Bonchev–Trinajstić information content (AvgIpc) is 2.63. The molecule has 0 radical (unpaired) electrons. The number of rotatable bonds is 3. The van der Waals surface area contributed by atoms with Crippen molar-refractivity contribution >= 4 is 23.9 Å². The average molecular weight is 420 g/mol. The number of aliphatic hydroxyl groups excluding tert-OH is 1. The van der Waals surface area contributed by atoms with Gasteiger partial charge in [0, 0.05) is 27.8 Å². The molecule has 0 aliphatic carbocycles. The van der Waals surface area contributed by atoms with Crippen LogP contribution in [0.25, 0.3) is 0 Å². The molecule has 6 heteroatoms. The summed E-state index contributed by atoms with van der Waals surface area (Å²) in [4.78, 5) is 11.6. The van der Waals surface area contributed by atoms with Gasteiger partial charge in [0.25, 0.3) is 8.32 Å². The zero-order chi connectivity index (χ0) is 17.4. The molecule has 0 aromatic heterocycles. The summed E-state index contributed by atoms with van der Waals surface area (Å²) >= 11 is 0. The number of aliphatic hydroxyl groups is 1. The predicted octanol–water partition coefficient (Wildman–Crippen LogP) is 0.381. The Morgan fingerprint density at radius 1 is 0.593 bits per heavy atom. The fraction of sp³-hybridized carbons (Fsp3) is 0.143. The third-order valence-electron chi connectivity index (χ3n) is 3.57. The molecule has 4 nitrogen and oxygen atoms in total. The maximum absolute atomic E-state index is 11.6. The van der Waals surface area contributed by atoms with Crippen LogP contribution >= 0.6 is 0 Å². The van der Waals surface area contributed by atoms with Crippen LogP contribution < -0.4 is 15.6 Å². The standard InChI is InChI=1S/C18H16OSi.C3H8O.2H2O.Ti/c19-20(16-10-4-1-5-11-16,17-12-6-2-7-13-17)18-14-8-3-9-15-18;1-3(2)4;;;/h1-15,19H;3-4H,1-2H3;2*1H2;. The smallest absolute Gasteiger partial charge is 0.285 e. The molecular formula is C21H28O4SiTi. The molecule has 0 unspecified atom stereocenters. The molecule has 144 valence electrons. The Labute approximate surface area is 177 Å². The van der Waals surface area contributed by atoms with Crippen molar-refractivity contribution in [2.24, 2.45) is 0 Å². The van der Waals surface area contributed by atoms with E-state index in [2.05, 4.69) is 0 Å². The van der Waals surface area contributed by atoms with Crippen LogP contribution in [0.1, 0.15) is 13.8 Å². The van der Waals surface area contributed by atoms with Crippen LogP contribution in [-0.2, 0) is 21.7 Å². The zero-order valence-electron chi connectivity index (χ0n) is 15.6. The summed E-state index contributed by atoms with van der Waals surface area (Å²) in [6.45, 7) is 3.44. The van der Waals surface area contributed by atoms with E-state index in [4.69, 9.17) is 5.11 Å². The second-order valence-electron chi connectivity index (χ2n) is 5.90. The van der Waals surface area contributed by atoms with Crippen molar-refractivity contribution in [3.05, 3.63) is 91.0 Å². The van der Waals surface area contributed by atoms with E-state index in [1.807, 2.05) is 91.0 Å². The number of hydrogen-bond donors (Lipinski definition) is 2. The van der Waals surface area contributed by atoms with Gasteiger partial charge >= 0.3 is 0 Å². The van der Waals surface area contributed by atoms with E-state index in [0.717, 1.165) is 15.6 Å². The van der Waals surface area contributed by atoms with Gasteiger partial charge in [-0.3, -0.25) is 0 Å². The van der Waals surface area contributed by atoms with Crippen molar-refractivity contribution in [3.8, 4) is 0 Å². The Balaban J connectivity index is 0. The maximum Gasteiger partial charge on any atom is 0.285 e. The molecule has 3 aromatic rings. The molecule has 3 rings (SSSR count). The van der Waals surface area contributed by atoms with Crippen LogP contribution in [0.4, 0.5) is 0 Å². The van der Waals surface area contributed by atoms with Crippen LogP contribution in [0.5, 0.6) is 0 Å². The summed E-state index contributed by atoms with van der Waals surface area (Å²) in [6.07, 6.45) is -0.167. The van der Waals surface area contributed by atoms with E-state index in [1.165, 1.54) is 0 Å². The van der Waals surface area contributed by atoms with E-state index in [-0.39, 0.29) is 38.8 Å². The number of benzene rings is 3. The third kappa shape index (κ3) is 7.52. The monoisotopic (exact) mass is 420 g/mol. The van der Waals surface area contributed by atoms with E-state index < -0.39 is 8.32 Å². The molecule has 0 fully saturated rings. The fourth-order valence-corrected chi connectivity index (χ4v) is 5.56. The molecule has 0 bridgehead atoms. The minimum atomic E-state index is -2.88. The van der Waals surface area contributed by atoms with Gasteiger partial charge in [-0.2, -0.15) is 0 Å². The first-order chi connectivity index (χ1) is 11.5. The number of hydrogen-bond acceptors (Lipinski definition) is 2. The second-order valence-corrected chi connectivity index (χ2v) is 9.06. The molecular weight excluding hydrogens is 392 g/mol. The van der Waals surface area contributed by atoms with Crippen molar-refractivity contribution in [1.29, 1.82) is 0 Å². The second kappa shape index (κ2) is 13.6. The normalized spacial score (nSPS) is 9.67. The summed E-state index contributed by atoms with van der Waals surface area (Å²) in [7, 11) is -2.88. The van der Waals surface area contributed by atoms with E-state index in [1.54, 1.807) is 13.8 Å². The van der Waals surface area contributed by atoms with Crippen molar-refractivity contribution < 1.29 is 42.6 Å². The summed E-state index contributed by atoms with van der Waals surface area (Å²) < 4.78 is 0. The van der Waals surface area contributed by atoms with Gasteiger partial charge in [0.15, 0.2) is 0 Å². The minimum Gasteiger partial charge on any atom is -0.421 e. The first-order valence-electron chi connectivity index (χ1n) is 8.12. The predicted molar refractivity (Wildman–Crippen MR) is 111 cm³/mol. The Morgan fingerprint density at radius 2 is 0.778 bits per heavy atom. The molecule has 0 saturated heterocycles. The molecule has 0 spiro atoms. The van der Waals surface area contributed by atoms with Gasteiger partial charge in [-0.15, -0.1) is 0 Å². The van der Waals surface area contributed by atoms with E-state index in [9.17, 15) is 4.80 Å². The fourth-order valence-electron chi connectivity index (χ4n) is 2.54. The van der Waals surface area contributed by atoms with E-state index >= 15 is 0 Å². The van der Waals surface area contributed by atoms with Gasteiger partial charge in [-0.25, -0.2) is 0 Å². The summed E-state index contributed by atoms with van der Waals surface area (Å²) in [5.41, 5.74) is 0. The van der Waals surface area contributed by atoms with E-state index in [0.29, 0.717) is 0 Å². The van der Waals surface area contributed by atoms with Crippen LogP contribution in [-0.4, -0.2) is 35.3 Å². The van der Waals surface area contributed by atoms with Gasteiger partial charge in [-0.05, 0) is 29.4 Å². The third-order valence-corrected chi connectivity index (χ3v) is 7.08. The van der Waals surface area contributed by atoms with Gasteiger partial charge in [0.1, 0.15) is 0 Å². The van der Waals surface area contributed by atoms with Gasteiger partial charge < -0.3 is 20.9 Å². The van der Waals surface area contributed by atoms with Gasteiger partial charge in [0.2, 0.25) is 0 Å². The Kier molecular flexibility index (Phi) is 13.9. The van der Waals surface area contributed by atoms with Crippen LogP contribution in [0, 0.1) is 0 Å². The zero-order valence-corrected chi connectivity index (χ0v) is 18.2. The molecule has 0 aliphatic rings. The first kappa shape index (κ1) is 27.6. The van der Waals surface area contributed by atoms with Crippen molar-refractivity contribution in [2.45, 2.75) is 20.0 Å². The Hall–Kier alpha value is -1.57. The molecule has 0 amide bonds. The SMILES string of the molecule is CC(C)O.O.O.O[Si](c1ccccc1)(c1ccccc1)c1ccccc1.[Ti]. The van der Waals surface area contributed by atoms with Gasteiger partial charge in [-0.1, -0.05) is 91.0 Å². The summed E-state index contributed by atoms with van der Waals surface area (Å²) in [6, 6.07) is 30.0. The van der Waals surface area contributed by atoms with Crippen LogP contribution in [0.3, 0.4) is 0 Å². The topological polar surface area (TPSA) is 103 Å². The molecule has 0 saturated carbocycles. The summed E-state index contributed by atoms with van der Waals surface area (Å²) in [5.74, 6) is 0. The molecule has 0 aliphatic heterocycles. The Bertz CT molecular complexity index is 626. The van der Waals surface area contributed by atoms with Gasteiger partial charge in [0.05, 0.1) is 0 Å². The largest absolute Gasteiger partial charge is 0.421 e. The van der Waals surface area contributed by atoms with Crippen molar-refractivity contribution in [1.82, 2.24) is 0 Å². The van der Waals surface area contributed by atoms with Crippen molar-refractivity contribution in [3.63, 3.8) is 0 Å². The minimum absolute atomic E-state index is 0. The van der Waals surface area contributed by atoms with Crippen molar-refractivity contribution in [2.75, 3.05) is 0 Å². The van der Waals surface area contributed by atoms with Crippen LogP contribution in [0.15, 0.2) is 91.0 Å². The maximum atomic E-state index is 11.6. The first-order valence-corrected chi connectivity index (χ1v) is 10.1.